The van der Waals surface area contributed by atoms with E-state index in [9.17, 15) is 0 Å². The molecule has 0 unspecified atom stereocenters. The molecule has 0 amide bonds. The van der Waals surface area contributed by atoms with E-state index >= 15 is 0 Å². The Morgan fingerprint density at radius 2 is 0.729 bits per heavy atom. The van der Waals surface area contributed by atoms with Crippen LogP contribution in [0.3, 0.4) is 0 Å². The number of hydrogen-bond acceptors (Lipinski definition) is 1. The van der Waals surface area contributed by atoms with E-state index in [0.29, 0.717) is 0 Å². The monoisotopic (exact) mass is 611 g/mol. The summed E-state index contributed by atoms with van der Waals surface area (Å²) < 4.78 is 4.81. The van der Waals surface area contributed by atoms with Crippen LogP contribution in [-0.4, -0.2) is 14.1 Å². The summed E-state index contributed by atoms with van der Waals surface area (Å²) in [5.74, 6) is 0. The molecule has 10 aromatic rings. The second kappa shape index (κ2) is 10.5. The van der Waals surface area contributed by atoms with Gasteiger partial charge >= 0.3 is 0 Å². The van der Waals surface area contributed by atoms with Crippen LogP contribution < -0.4 is 0 Å². The summed E-state index contributed by atoms with van der Waals surface area (Å²) in [5.41, 5.74) is 11.1. The highest BCUT2D eigenvalue weighted by molar-refractivity contribution is 6.18. The van der Waals surface area contributed by atoms with Crippen molar-refractivity contribution < 1.29 is 0 Å². The molecule has 0 aliphatic rings. The van der Waals surface area contributed by atoms with Gasteiger partial charge in [0.25, 0.3) is 0 Å². The summed E-state index contributed by atoms with van der Waals surface area (Å²) in [5, 5.41) is 7.45. The molecule has 0 N–H and O–H groups in total. The highest BCUT2D eigenvalue weighted by atomic mass is 15.0. The van der Waals surface area contributed by atoms with Crippen LogP contribution in [0.5, 0.6) is 0 Å². The van der Waals surface area contributed by atoms with Gasteiger partial charge in [-0.3, -0.25) is 0 Å². The predicted molar refractivity (Wildman–Crippen MR) is 201 cm³/mol. The number of hydrogen-bond donors (Lipinski definition) is 0. The van der Waals surface area contributed by atoms with Gasteiger partial charge in [0.15, 0.2) is 0 Å². The number of pyridine rings is 1. The molecule has 224 valence electrons. The van der Waals surface area contributed by atoms with Crippen LogP contribution in [0.4, 0.5) is 0 Å². The standard InChI is InChI=1S/C45H29N3/c1-4-14-30(15-5-1)40-28-35(29-41(46-40)31-16-6-2-7-17-31)48-43-23-13-11-21-37(43)39-25-32-24-38-36-20-10-12-22-42(36)47(34-18-8-3-9-19-34)44(38)26-33(32)27-45(39)48/h1-29H. The molecule has 3 heterocycles. The smallest absolute Gasteiger partial charge is 0.0730 e. The van der Waals surface area contributed by atoms with Crippen molar-refractivity contribution in [2.45, 2.75) is 0 Å². The largest absolute Gasteiger partial charge is 0.309 e. The van der Waals surface area contributed by atoms with Gasteiger partial charge in [-0.15, -0.1) is 0 Å². The fourth-order valence-corrected chi connectivity index (χ4v) is 7.47. The Morgan fingerprint density at radius 1 is 0.312 bits per heavy atom. The summed E-state index contributed by atoms with van der Waals surface area (Å²) in [7, 11) is 0. The zero-order valence-corrected chi connectivity index (χ0v) is 26.1. The molecule has 0 saturated carbocycles. The fourth-order valence-electron chi connectivity index (χ4n) is 7.47. The van der Waals surface area contributed by atoms with E-state index in [4.69, 9.17) is 4.98 Å². The van der Waals surface area contributed by atoms with Crippen LogP contribution in [0, 0.1) is 0 Å². The Labute approximate surface area is 277 Å². The Bertz CT molecular complexity index is 2750. The van der Waals surface area contributed by atoms with Crippen molar-refractivity contribution in [3.8, 4) is 33.9 Å². The number of fused-ring (bicyclic) bond motifs is 7. The maximum atomic E-state index is 5.17. The van der Waals surface area contributed by atoms with E-state index < -0.39 is 0 Å². The summed E-state index contributed by atoms with van der Waals surface area (Å²) >= 11 is 0. The van der Waals surface area contributed by atoms with Crippen molar-refractivity contribution in [2.24, 2.45) is 0 Å². The first-order valence-corrected chi connectivity index (χ1v) is 16.4. The van der Waals surface area contributed by atoms with Crippen molar-refractivity contribution in [3.05, 3.63) is 176 Å². The molecule has 3 nitrogen and oxygen atoms in total. The molecule has 0 radical (unpaired) electrons. The fraction of sp³-hybridized carbons (Fsp3) is 0. The molecule has 7 aromatic carbocycles. The highest BCUT2D eigenvalue weighted by Gasteiger charge is 2.18. The lowest BCUT2D eigenvalue weighted by atomic mass is 10.0. The zero-order valence-electron chi connectivity index (χ0n) is 26.1. The number of aromatic nitrogens is 3. The van der Waals surface area contributed by atoms with Gasteiger partial charge in [0, 0.05) is 38.4 Å². The van der Waals surface area contributed by atoms with Crippen LogP contribution in [0.2, 0.25) is 0 Å². The lowest BCUT2D eigenvalue weighted by Gasteiger charge is -2.13. The van der Waals surface area contributed by atoms with Crippen LogP contribution in [0.15, 0.2) is 176 Å². The third-order valence-corrected chi connectivity index (χ3v) is 9.64. The first-order chi connectivity index (χ1) is 23.8. The van der Waals surface area contributed by atoms with E-state index in [0.717, 1.165) is 33.9 Å². The van der Waals surface area contributed by atoms with E-state index in [1.54, 1.807) is 0 Å². The molecule has 48 heavy (non-hydrogen) atoms. The van der Waals surface area contributed by atoms with E-state index in [2.05, 4.69) is 185 Å². The lowest BCUT2D eigenvalue weighted by Crippen LogP contribution is -1.98. The minimum Gasteiger partial charge on any atom is -0.309 e. The van der Waals surface area contributed by atoms with E-state index in [1.165, 1.54) is 54.4 Å². The van der Waals surface area contributed by atoms with E-state index in [-0.39, 0.29) is 0 Å². The minimum atomic E-state index is 0.952. The SMILES string of the molecule is c1ccc(-c2cc(-n3c4ccccc4c4cc5cc6c7ccccc7n(-c7ccccc7)c6cc5cc43)cc(-c3ccccc3)n2)cc1. The first kappa shape index (κ1) is 26.7. The molecule has 0 saturated heterocycles. The van der Waals surface area contributed by atoms with Gasteiger partial charge in [-0.05, 0) is 71.4 Å². The second-order valence-electron chi connectivity index (χ2n) is 12.5. The molecular weight excluding hydrogens is 583 g/mol. The van der Waals surface area contributed by atoms with Gasteiger partial charge in [-0.1, -0.05) is 115 Å². The van der Waals surface area contributed by atoms with Crippen molar-refractivity contribution in [1.82, 2.24) is 14.1 Å². The average Bonchev–Trinajstić information content (AvgIpc) is 3.65. The molecule has 3 aromatic heterocycles. The predicted octanol–water partition coefficient (Wildman–Crippen LogP) is 11.8. The minimum absolute atomic E-state index is 0.952. The van der Waals surface area contributed by atoms with Crippen molar-refractivity contribution in [2.75, 3.05) is 0 Å². The number of benzene rings is 7. The van der Waals surface area contributed by atoms with Gasteiger partial charge in [-0.25, -0.2) is 4.98 Å². The quantitative estimate of drug-likeness (QED) is 0.194. The maximum Gasteiger partial charge on any atom is 0.0730 e. The van der Waals surface area contributed by atoms with Crippen LogP contribution in [0.1, 0.15) is 0 Å². The van der Waals surface area contributed by atoms with Crippen LogP contribution in [-0.2, 0) is 0 Å². The Balaban J connectivity index is 1.29. The third-order valence-electron chi connectivity index (χ3n) is 9.64. The second-order valence-corrected chi connectivity index (χ2v) is 12.5. The third kappa shape index (κ3) is 4.11. The van der Waals surface area contributed by atoms with Crippen LogP contribution in [0.25, 0.3) is 88.3 Å². The Kier molecular flexibility index (Phi) is 5.87. The normalized spacial score (nSPS) is 11.8. The topological polar surface area (TPSA) is 22.8 Å². The van der Waals surface area contributed by atoms with Crippen molar-refractivity contribution in [1.29, 1.82) is 0 Å². The molecule has 0 aliphatic carbocycles. The maximum absolute atomic E-state index is 5.17. The van der Waals surface area contributed by atoms with Crippen molar-refractivity contribution >= 4 is 54.4 Å². The summed E-state index contributed by atoms with van der Waals surface area (Å²) in [6.45, 7) is 0. The van der Waals surface area contributed by atoms with Gasteiger partial charge < -0.3 is 9.13 Å². The van der Waals surface area contributed by atoms with Crippen molar-refractivity contribution in [3.63, 3.8) is 0 Å². The number of rotatable bonds is 4. The van der Waals surface area contributed by atoms with E-state index in [1.807, 2.05) is 0 Å². The molecule has 10 rings (SSSR count). The van der Waals surface area contributed by atoms with Gasteiger partial charge in [0.1, 0.15) is 0 Å². The van der Waals surface area contributed by atoms with Gasteiger partial charge in [-0.2, -0.15) is 0 Å². The summed E-state index contributed by atoms with van der Waals surface area (Å²) in [6, 6.07) is 63.1. The lowest BCUT2D eigenvalue weighted by molar-refractivity contribution is 1.16. The van der Waals surface area contributed by atoms with Crippen LogP contribution >= 0.6 is 0 Å². The van der Waals surface area contributed by atoms with Gasteiger partial charge in [0.05, 0.1) is 39.1 Å². The number of nitrogens with zero attached hydrogens (tertiary/aromatic N) is 3. The highest BCUT2D eigenvalue weighted by Crippen LogP contribution is 2.40. The molecule has 0 spiro atoms. The molecule has 0 bridgehead atoms. The average molecular weight is 612 g/mol. The molecule has 0 atom stereocenters. The first-order valence-electron chi connectivity index (χ1n) is 16.4. The molecule has 0 fully saturated rings. The Morgan fingerprint density at radius 3 is 1.25 bits per heavy atom. The Hall–Kier alpha value is -6.45. The van der Waals surface area contributed by atoms with Gasteiger partial charge in [0.2, 0.25) is 0 Å². The number of para-hydroxylation sites is 3. The molecule has 0 aliphatic heterocycles. The zero-order chi connectivity index (χ0) is 31.6. The molecular formula is C45H29N3. The summed E-state index contributed by atoms with van der Waals surface area (Å²) in [6.07, 6.45) is 0. The summed E-state index contributed by atoms with van der Waals surface area (Å²) in [4.78, 5) is 5.17. The molecule has 3 heteroatoms.